The number of carbonyl (C=O) groups is 1. The number of aromatic nitrogens is 1. The zero-order chi connectivity index (χ0) is 19.4. The van der Waals surface area contributed by atoms with E-state index in [2.05, 4.69) is 10.3 Å². The molecule has 2 aromatic rings. The number of hydrogen-bond acceptors (Lipinski definition) is 3. The molecule has 146 valence electrons. The van der Waals surface area contributed by atoms with E-state index in [0.29, 0.717) is 29.5 Å². The van der Waals surface area contributed by atoms with Gasteiger partial charge in [0.2, 0.25) is 5.91 Å². The lowest BCUT2D eigenvalue weighted by atomic mass is 10.0. The maximum atomic E-state index is 13.0. The van der Waals surface area contributed by atoms with Gasteiger partial charge in [0.15, 0.2) is 5.13 Å². The molecule has 0 bridgehead atoms. The molecule has 1 fully saturated rings. The third-order valence-corrected chi connectivity index (χ3v) is 6.01. The Balaban J connectivity index is 1.57. The monoisotopic (exact) mass is 416 g/mol. The molecule has 3 rings (SSSR count). The van der Waals surface area contributed by atoms with Crippen LogP contribution in [0.3, 0.4) is 0 Å². The van der Waals surface area contributed by atoms with Crippen LogP contribution in [0.5, 0.6) is 0 Å². The molecule has 1 aromatic carbocycles. The van der Waals surface area contributed by atoms with Gasteiger partial charge >= 0.3 is 6.18 Å². The summed E-state index contributed by atoms with van der Waals surface area (Å²) in [6, 6.07) is 3.88. The minimum Gasteiger partial charge on any atom is -0.302 e. The molecule has 0 atom stereocenters. The molecule has 1 aliphatic rings. The van der Waals surface area contributed by atoms with Crippen molar-refractivity contribution in [2.45, 2.75) is 51.1 Å². The number of thiazole rings is 1. The molecule has 1 amide bonds. The molecule has 0 aliphatic heterocycles. The highest BCUT2D eigenvalue weighted by Gasteiger charge is 2.33. The lowest BCUT2D eigenvalue weighted by Gasteiger charge is -2.10. The topological polar surface area (TPSA) is 42.0 Å². The molecule has 27 heavy (non-hydrogen) atoms. The predicted molar refractivity (Wildman–Crippen MR) is 101 cm³/mol. The van der Waals surface area contributed by atoms with E-state index < -0.39 is 11.7 Å². The van der Waals surface area contributed by atoms with Gasteiger partial charge in [-0.05, 0) is 30.0 Å². The van der Waals surface area contributed by atoms with Crippen molar-refractivity contribution < 1.29 is 18.0 Å². The second-order valence-electron chi connectivity index (χ2n) is 6.86. The quantitative estimate of drug-likeness (QED) is 0.599. The summed E-state index contributed by atoms with van der Waals surface area (Å²) in [6.07, 6.45) is 3.69. The normalized spacial score (nSPS) is 15.3. The van der Waals surface area contributed by atoms with Crippen LogP contribution in [0.1, 0.15) is 54.5 Å². The summed E-state index contributed by atoms with van der Waals surface area (Å²) in [5.74, 6) is 0.587. The Morgan fingerprint density at radius 3 is 2.74 bits per heavy atom. The molecular weight excluding hydrogens is 397 g/mol. The number of benzene rings is 1. The summed E-state index contributed by atoms with van der Waals surface area (Å²) in [5.41, 5.74) is -0.346. The fourth-order valence-corrected chi connectivity index (χ4v) is 4.45. The molecule has 1 heterocycles. The van der Waals surface area contributed by atoms with Gasteiger partial charge in [0.25, 0.3) is 0 Å². The summed E-state index contributed by atoms with van der Waals surface area (Å²) in [4.78, 5) is 17.0. The number of amides is 1. The fourth-order valence-electron chi connectivity index (χ4n) is 3.36. The molecule has 1 aromatic heterocycles. The number of anilines is 1. The van der Waals surface area contributed by atoms with E-state index >= 15 is 0 Å². The van der Waals surface area contributed by atoms with E-state index in [1.54, 1.807) is 12.3 Å². The Kier molecular flexibility index (Phi) is 6.42. The van der Waals surface area contributed by atoms with Crippen molar-refractivity contribution in [1.82, 2.24) is 4.98 Å². The van der Waals surface area contributed by atoms with Crippen LogP contribution in [0.25, 0.3) is 0 Å². The number of rotatable bonds is 6. The average molecular weight is 417 g/mol. The molecule has 1 saturated carbocycles. The molecule has 0 saturated heterocycles. The number of alkyl halides is 3. The SMILES string of the molecule is O=C(CCC1CCCC1)Nc1ncc(Cc2ccc(Cl)c(C(F)(F)F)c2)s1. The van der Waals surface area contributed by atoms with Crippen molar-refractivity contribution in [3.05, 3.63) is 45.4 Å². The molecule has 3 nitrogen and oxygen atoms in total. The first-order valence-corrected chi connectivity index (χ1v) is 10.1. The minimum absolute atomic E-state index is 0.0614. The second-order valence-corrected chi connectivity index (χ2v) is 8.38. The number of carbonyl (C=O) groups excluding carboxylic acids is 1. The first-order chi connectivity index (χ1) is 12.8. The van der Waals surface area contributed by atoms with Gasteiger partial charge in [0.1, 0.15) is 0 Å². The van der Waals surface area contributed by atoms with Gasteiger partial charge in [-0.15, -0.1) is 11.3 Å². The van der Waals surface area contributed by atoms with Crippen molar-refractivity contribution in [2.75, 3.05) is 5.32 Å². The van der Waals surface area contributed by atoms with Gasteiger partial charge in [0, 0.05) is 23.9 Å². The summed E-state index contributed by atoms with van der Waals surface area (Å²) >= 11 is 6.92. The van der Waals surface area contributed by atoms with Crippen LogP contribution < -0.4 is 5.32 Å². The Morgan fingerprint density at radius 2 is 2.04 bits per heavy atom. The van der Waals surface area contributed by atoms with E-state index in [-0.39, 0.29) is 10.9 Å². The largest absolute Gasteiger partial charge is 0.417 e. The van der Waals surface area contributed by atoms with Crippen LogP contribution in [0.2, 0.25) is 5.02 Å². The van der Waals surface area contributed by atoms with Crippen molar-refractivity contribution in [3.63, 3.8) is 0 Å². The van der Waals surface area contributed by atoms with Gasteiger partial charge in [-0.3, -0.25) is 4.79 Å². The minimum atomic E-state index is -4.49. The second kappa shape index (κ2) is 8.61. The van der Waals surface area contributed by atoms with Gasteiger partial charge in [0.05, 0.1) is 10.6 Å². The van der Waals surface area contributed by atoms with Gasteiger partial charge in [-0.2, -0.15) is 13.2 Å². The number of nitrogens with zero attached hydrogens (tertiary/aromatic N) is 1. The zero-order valence-corrected chi connectivity index (χ0v) is 16.2. The summed E-state index contributed by atoms with van der Waals surface area (Å²) in [5, 5.41) is 2.95. The molecule has 8 heteroatoms. The maximum absolute atomic E-state index is 13.0. The van der Waals surface area contributed by atoms with Crippen LogP contribution in [0.4, 0.5) is 18.3 Å². The summed E-state index contributed by atoms with van der Waals surface area (Å²) < 4.78 is 38.9. The molecule has 0 unspecified atom stereocenters. The third kappa shape index (κ3) is 5.69. The lowest BCUT2D eigenvalue weighted by Crippen LogP contribution is -2.12. The highest BCUT2D eigenvalue weighted by Crippen LogP contribution is 2.36. The highest BCUT2D eigenvalue weighted by molar-refractivity contribution is 7.15. The van der Waals surface area contributed by atoms with E-state index in [0.717, 1.165) is 17.4 Å². The van der Waals surface area contributed by atoms with Crippen LogP contribution in [-0.2, 0) is 17.4 Å². The Morgan fingerprint density at radius 1 is 1.30 bits per heavy atom. The number of hydrogen-bond donors (Lipinski definition) is 1. The first kappa shape index (κ1) is 20.1. The van der Waals surface area contributed by atoms with E-state index in [1.165, 1.54) is 43.1 Å². The molecule has 1 aliphatic carbocycles. The van der Waals surface area contributed by atoms with Crippen LogP contribution >= 0.6 is 22.9 Å². The standard InChI is InChI=1S/C19H20ClF3N2OS/c20-16-7-5-13(10-15(16)19(21,22)23)9-14-11-24-18(27-14)25-17(26)8-6-12-3-1-2-4-12/h5,7,10-12H,1-4,6,8-9H2,(H,24,25,26). The molecule has 0 spiro atoms. The predicted octanol–water partition coefficient (Wildman–Crippen LogP) is 6.32. The molecular formula is C19H20ClF3N2OS. The van der Waals surface area contributed by atoms with Crippen LogP contribution in [0.15, 0.2) is 24.4 Å². The maximum Gasteiger partial charge on any atom is 0.417 e. The van der Waals surface area contributed by atoms with Gasteiger partial charge in [-0.1, -0.05) is 43.4 Å². The van der Waals surface area contributed by atoms with Crippen LogP contribution in [0, 0.1) is 5.92 Å². The summed E-state index contributed by atoms with van der Waals surface area (Å²) in [6.45, 7) is 0. The first-order valence-electron chi connectivity index (χ1n) is 8.91. The Labute approximate surface area is 165 Å². The smallest absolute Gasteiger partial charge is 0.302 e. The van der Waals surface area contributed by atoms with E-state index in [4.69, 9.17) is 11.6 Å². The number of halogens is 4. The van der Waals surface area contributed by atoms with Crippen molar-refractivity contribution in [2.24, 2.45) is 5.92 Å². The van der Waals surface area contributed by atoms with Crippen molar-refractivity contribution in [1.29, 1.82) is 0 Å². The molecule has 1 N–H and O–H groups in total. The Bertz CT molecular complexity index is 800. The Hall–Kier alpha value is -1.60. The number of nitrogens with one attached hydrogen (secondary N) is 1. The fraction of sp³-hybridized carbons (Fsp3) is 0.474. The van der Waals surface area contributed by atoms with Crippen molar-refractivity contribution >= 4 is 34.0 Å². The van der Waals surface area contributed by atoms with E-state index in [1.807, 2.05) is 0 Å². The average Bonchev–Trinajstić information content (AvgIpc) is 3.26. The summed E-state index contributed by atoms with van der Waals surface area (Å²) in [7, 11) is 0. The van der Waals surface area contributed by atoms with Crippen LogP contribution in [-0.4, -0.2) is 10.9 Å². The van der Waals surface area contributed by atoms with E-state index in [9.17, 15) is 18.0 Å². The zero-order valence-electron chi connectivity index (χ0n) is 14.6. The third-order valence-electron chi connectivity index (χ3n) is 4.77. The van der Waals surface area contributed by atoms with Gasteiger partial charge < -0.3 is 5.32 Å². The lowest BCUT2D eigenvalue weighted by molar-refractivity contribution is -0.137. The highest BCUT2D eigenvalue weighted by atomic mass is 35.5. The van der Waals surface area contributed by atoms with Crippen molar-refractivity contribution in [3.8, 4) is 0 Å². The van der Waals surface area contributed by atoms with Gasteiger partial charge in [-0.25, -0.2) is 4.98 Å². The molecule has 0 radical (unpaired) electrons.